The van der Waals surface area contributed by atoms with Gasteiger partial charge < -0.3 is 9.47 Å². The van der Waals surface area contributed by atoms with E-state index in [0.717, 1.165) is 5.01 Å². The number of methoxy groups -OCH3 is 2. The van der Waals surface area contributed by atoms with E-state index in [-0.39, 0.29) is 11.6 Å². The number of sulfonamides is 1. The number of aryl methyl sites for hydroxylation is 2. The Hall–Kier alpha value is -2.17. The van der Waals surface area contributed by atoms with E-state index in [1.54, 1.807) is 39.2 Å². The van der Waals surface area contributed by atoms with E-state index in [2.05, 4.69) is 14.8 Å². The highest BCUT2D eigenvalue weighted by atomic mass is 32.2. The Labute approximate surface area is 149 Å². The molecule has 0 saturated carbocycles. The van der Waals surface area contributed by atoms with Crippen LogP contribution in [0.1, 0.15) is 16.3 Å². The minimum Gasteiger partial charge on any atom is -0.497 e. The lowest BCUT2D eigenvalue weighted by Crippen LogP contribution is -2.25. The predicted octanol–water partition coefficient (Wildman–Crippen LogP) is 1.90. The molecule has 0 fully saturated rings. The molecule has 0 aliphatic heterocycles. The maximum atomic E-state index is 12.8. The highest BCUT2D eigenvalue weighted by molar-refractivity contribution is 7.89. The van der Waals surface area contributed by atoms with Crippen LogP contribution in [-0.2, 0) is 16.6 Å². The number of fused-ring (bicyclic) bond motifs is 1. The van der Waals surface area contributed by atoms with Gasteiger partial charge in [0.15, 0.2) is 5.03 Å². The molecule has 0 saturated heterocycles. The van der Waals surface area contributed by atoms with Crippen molar-refractivity contribution >= 4 is 26.3 Å². The standard InChI is InChI=1S/C15H18N4O4S2/c1-9-14(19-15(17-9)24-10(2)18-19)25(20,21)16-8-11-5-6-12(22-3)7-13(11)23-4/h5-7,16H,8H2,1-4H3. The van der Waals surface area contributed by atoms with Crippen LogP contribution in [0.25, 0.3) is 4.96 Å². The van der Waals surface area contributed by atoms with Crippen molar-refractivity contribution in [3.63, 3.8) is 0 Å². The molecule has 0 aliphatic rings. The van der Waals surface area contributed by atoms with Gasteiger partial charge in [-0.1, -0.05) is 17.4 Å². The number of imidazole rings is 1. The summed E-state index contributed by atoms with van der Waals surface area (Å²) in [6.45, 7) is 3.53. The Morgan fingerprint density at radius 1 is 1.24 bits per heavy atom. The molecule has 25 heavy (non-hydrogen) atoms. The normalized spacial score (nSPS) is 11.8. The maximum absolute atomic E-state index is 12.8. The number of ether oxygens (including phenoxy) is 2. The lowest BCUT2D eigenvalue weighted by molar-refractivity contribution is 0.390. The molecular formula is C15H18N4O4S2. The summed E-state index contributed by atoms with van der Waals surface area (Å²) in [5.74, 6) is 1.18. The van der Waals surface area contributed by atoms with Gasteiger partial charge >= 0.3 is 0 Å². The third-order valence-electron chi connectivity index (χ3n) is 3.63. The van der Waals surface area contributed by atoms with Gasteiger partial charge in [0.1, 0.15) is 16.5 Å². The van der Waals surface area contributed by atoms with Crippen molar-refractivity contribution in [1.29, 1.82) is 0 Å². The molecular weight excluding hydrogens is 364 g/mol. The van der Waals surface area contributed by atoms with Crippen LogP contribution in [0.4, 0.5) is 0 Å². The summed E-state index contributed by atoms with van der Waals surface area (Å²) in [6, 6.07) is 5.21. The van der Waals surface area contributed by atoms with Crippen molar-refractivity contribution in [2.24, 2.45) is 0 Å². The Morgan fingerprint density at radius 3 is 2.68 bits per heavy atom. The minimum absolute atomic E-state index is 0.0549. The smallest absolute Gasteiger partial charge is 0.260 e. The zero-order chi connectivity index (χ0) is 18.2. The van der Waals surface area contributed by atoms with Gasteiger partial charge in [0.2, 0.25) is 4.96 Å². The minimum atomic E-state index is -3.79. The van der Waals surface area contributed by atoms with Gasteiger partial charge in [-0.15, -0.1) is 0 Å². The summed E-state index contributed by atoms with van der Waals surface area (Å²) < 4.78 is 39.9. The number of rotatable bonds is 6. The Kier molecular flexibility index (Phi) is 4.67. The average molecular weight is 382 g/mol. The zero-order valence-electron chi connectivity index (χ0n) is 14.2. The number of aromatic nitrogens is 3. The topological polar surface area (TPSA) is 94.8 Å². The fraction of sp³-hybridized carbons (Fsp3) is 0.333. The highest BCUT2D eigenvalue weighted by Gasteiger charge is 2.25. The van der Waals surface area contributed by atoms with Crippen LogP contribution in [0, 0.1) is 13.8 Å². The lowest BCUT2D eigenvalue weighted by Gasteiger charge is -2.11. The maximum Gasteiger partial charge on any atom is 0.260 e. The van der Waals surface area contributed by atoms with Crippen LogP contribution in [-0.4, -0.2) is 37.2 Å². The largest absolute Gasteiger partial charge is 0.497 e. The molecule has 0 aliphatic carbocycles. The van der Waals surface area contributed by atoms with Crippen molar-refractivity contribution in [3.05, 3.63) is 34.5 Å². The van der Waals surface area contributed by atoms with Crippen molar-refractivity contribution < 1.29 is 17.9 Å². The van der Waals surface area contributed by atoms with Crippen LogP contribution >= 0.6 is 11.3 Å². The van der Waals surface area contributed by atoms with E-state index in [1.807, 2.05) is 0 Å². The molecule has 3 rings (SSSR count). The van der Waals surface area contributed by atoms with Gasteiger partial charge in [0.05, 0.1) is 19.9 Å². The summed E-state index contributed by atoms with van der Waals surface area (Å²) in [6.07, 6.45) is 0. The van der Waals surface area contributed by atoms with Gasteiger partial charge in [-0.05, 0) is 19.9 Å². The Bertz CT molecular complexity index is 1020. The Balaban J connectivity index is 1.90. The first-order valence-electron chi connectivity index (χ1n) is 7.39. The fourth-order valence-electron chi connectivity index (χ4n) is 2.47. The van der Waals surface area contributed by atoms with Crippen molar-refractivity contribution in [1.82, 2.24) is 19.3 Å². The second kappa shape index (κ2) is 6.62. The molecule has 2 aromatic heterocycles. The number of nitrogens with one attached hydrogen (secondary N) is 1. The molecule has 0 bridgehead atoms. The molecule has 0 spiro atoms. The SMILES string of the molecule is COc1ccc(CNS(=O)(=O)c2c(C)nc3sc(C)nn23)c(OC)c1. The first kappa shape index (κ1) is 17.6. The molecule has 0 radical (unpaired) electrons. The van der Waals surface area contributed by atoms with Crippen LogP contribution in [0.15, 0.2) is 23.2 Å². The first-order valence-corrected chi connectivity index (χ1v) is 9.69. The second-order valence-electron chi connectivity index (χ2n) is 5.32. The van der Waals surface area contributed by atoms with E-state index in [9.17, 15) is 8.42 Å². The summed E-state index contributed by atoms with van der Waals surface area (Å²) >= 11 is 1.34. The third-order valence-corrected chi connectivity index (χ3v) is 5.95. The number of nitrogens with zero attached hydrogens (tertiary/aromatic N) is 3. The van der Waals surface area contributed by atoms with E-state index in [1.165, 1.54) is 23.0 Å². The molecule has 134 valence electrons. The molecule has 0 unspecified atom stereocenters. The molecule has 10 heteroatoms. The van der Waals surface area contributed by atoms with Gasteiger partial charge in [-0.3, -0.25) is 0 Å². The van der Waals surface area contributed by atoms with Crippen molar-refractivity contribution in [2.75, 3.05) is 14.2 Å². The number of hydrogen-bond donors (Lipinski definition) is 1. The summed E-state index contributed by atoms with van der Waals surface area (Å²) in [7, 11) is -0.712. The summed E-state index contributed by atoms with van der Waals surface area (Å²) in [5.41, 5.74) is 1.10. The van der Waals surface area contributed by atoms with Gasteiger partial charge in [-0.25, -0.2) is 18.1 Å². The molecule has 1 aromatic carbocycles. The molecule has 3 aromatic rings. The van der Waals surface area contributed by atoms with Crippen LogP contribution in [0.5, 0.6) is 11.5 Å². The van der Waals surface area contributed by atoms with Gasteiger partial charge in [-0.2, -0.15) is 9.61 Å². The van der Waals surface area contributed by atoms with Gasteiger partial charge in [0, 0.05) is 18.2 Å². The molecule has 8 nitrogen and oxygen atoms in total. The Morgan fingerprint density at radius 2 is 2.00 bits per heavy atom. The third kappa shape index (κ3) is 3.32. The second-order valence-corrected chi connectivity index (χ2v) is 8.16. The molecule has 0 amide bonds. The van der Waals surface area contributed by atoms with Crippen molar-refractivity contribution in [3.8, 4) is 11.5 Å². The van der Waals surface area contributed by atoms with Crippen LogP contribution < -0.4 is 14.2 Å². The quantitative estimate of drug-likeness (QED) is 0.700. The zero-order valence-corrected chi connectivity index (χ0v) is 15.9. The summed E-state index contributed by atoms with van der Waals surface area (Å²) in [4.78, 5) is 4.82. The van der Waals surface area contributed by atoms with Crippen LogP contribution in [0.2, 0.25) is 0 Å². The number of benzene rings is 1. The average Bonchev–Trinajstić information content (AvgIpc) is 3.06. The number of hydrogen-bond acceptors (Lipinski definition) is 7. The van der Waals surface area contributed by atoms with Crippen molar-refractivity contribution in [2.45, 2.75) is 25.4 Å². The lowest BCUT2D eigenvalue weighted by atomic mass is 10.2. The summed E-state index contributed by atoms with van der Waals surface area (Å²) in [5, 5.41) is 5.02. The van der Waals surface area contributed by atoms with E-state index in [4.69, 9.17) is 9.47 Å². The monoisotopic (exact) mass is 382 g/mol. The highest BCUT2D eigenvalue weighted by Crippen LogP contribution is 2.26. The van der Waals surface area contributed by atoms with E-state index >= 15 is 0 Å². The molecule has 0 atom stereocenters. The fourth-order valence-corrected chi connectivity index (χ4v) is 4.59. The first-order chi connectivity index (χ1) is 11.9. The van der Waals surface area contributed by atoms with Gasteiger partial charge in [0.25, 0.3) is 10.0 Å². The predicted molar refractivity (Wildman–Crippen MR) is 93.9 cm³/mol. The van der Waals surface area contributed by atoms with Crippen LogP contribution in [0.3, 0.4) is 0 Å². The molecule has 2 heterocycles. The molecule has 1 N–H and O–H groups in total. The van der Waals surface area contributed by atoms with E-state index < -0.39 is 10.0 Å². The van der Waals surface area contributed by atoms with E-state index in [0.29, 0.717) is 27.7 Å².